The molecule has 2 heterocycles. The van der Waals surface area contributed by atoms with E-state index in [1.54, 1.807) is 14.2 Å². The van der Waals surface area contributed by atoms with E-state index >= 15 is 0 Å². The molecule has 0 spiro atoms. The van der Waals surface area contributed by atoms with E-state index in [2.05, 4.69) is 20.5 Å². The summed E-state index contributed by atoms with van der Waals surface area (Å²) in [6, 6.07) is 13.3. The number of fused-ring (bicyclic) bond motifs is 1. The summed E-state index contributed by atoms with van der Waals surface area (Å²) >= 11 is 2.76. The summed E-state index contributed by atoms with van der Waals surface area (Å²) < 4.78 is 13.4. The summed E-state index contributed by atoms with van der Waals surface area (Å²) in [7, 11) is 3.26. The zero-order valence-electron chi connectivity index (χ0n) is 17.3. The Labute approximate surface area is 187 Å². The largest absolute Gasteiger partial charge is 0.497 e. The first kappa shape index (κ1) is 21.1. The molecule has 1 N–H and O–H groups in total. The van der Waals surface area contributed by atoms with Crippen LogP contribution in [0.1, 0.15) is 6.92 Å². The van der Waals surface area contributed by atoms with Crippen molar-refractivity contribution in [1.29, 1.82) is 0 Å². The Morgan fingerprint density at radius 2 is 1.84 bits per heavy atom. The lowest BCUT2D eigenvalue weighted by Crippen LogP contribution is -2.14. The van der Waals surface area contributed by atoms with Crippen molar-refractivity contribution in [3.05, 3.63) is 42.5 Å². The van der Waals surface area contributed by atoms with E-state index in [1.165, 1.54) is 23.1 Å². The van der Waals surface area contributed by atoms with Crippen molar-refractivity contribution in [3.63, 3.8) is 0 Å². The van der Waals surface area contributed by atoms with Gasteiger partial charge in [-0.3, -0.25) is 4.79 Å². The zero-order valence-corrected chi connectivity index (χ0v) is 18.9. The van der Waals surface area contributed by atoms with E-state index in [-0.39, 0.29) is 11.7 Å². The topological polar surface area (TPSA) is 91.2 Å². The molecule has 0 radical (unpaired) electrons. The Kier molecular flexibility index (Phi) is 6.38. The summed E-state index contributed by atoms with van der Waals surface area (Å²) in [6.45, 7) is 2.72. The number of rotatable bonds is 8. The number of hydrogen-bond donors (Lipinski definition) is 1. The van der Waals surface area contributed by atoms with Gasteiger partial charge in [0.2, 0.25) is 5.91 Å². The molecule has 0 atom stereocenters. The number of hydrogen-bond acceptors (Lipinski definition) is 8. The van der Waals surface area contributed by atoms with Gasteiger partial charge in [0, 0.05) is 12.1 Å². The van der Waals surface area contributed by atoms with Crippen LogP contribution in [-0.4, -0.2) is 45.6 Å². The standard InChI is InChI=1S/C21H21N5O3S2/c1-4-26-19(13-5-7-14(28-2)8-6-13)24-25-21(26)30-12-18(27)23-20-22-16-10-9-15(29-3)11-17(16)31-20/h5-11H,4,12H2,1-3H3,(H,22,23,27). The molecule has 2 aromatic heterocycles. The summed E-state index contributed by atoms with van der Waals surface area (Å²) in [5.74, 6) is 2.36. The molecule has 0 saturated heterocycles. The fourth-order valence-electron chi connectivity index (χ4n) is 3.01. The molecule has 0 unspecified atom stereocenters. The van der Waals surface area contributed by atoms with Crippen LogP contribution in [0.3, 0.4) is 0 Å². The van der Waals surface area contributed by atoms with Gasteiger partial charge in [0.25, 0.3) is 0 Å². The van der Waals surface area contributed by atoms with Gasteiger partial charge in [0.15, 0.2) is 16.1 Å². The van der Waals surface area contributed by atoms with Crippen molar-refractivity contribution in [1.82, 2.24) is 19.7 Å². The molecule has 8 nitrogen and oxygen atoms in total. The van der Waals surface area contributed by atoms with Crippen LogP contribution in [0.4, 0.5) is 5.13 Å². The lowest BCUT2D eigenvalue weighted by molar-refractivity contribution is -0.113. The molecule has 160 valence electrons. The fraction of sp³-hybridized carbons (Fsp3) is 0.238. The lowest BCUT2D eigenvalue weighted by atomic mass is 10.2. The average molecular weight is 456 g/mol. The van der Waals surface area contributed by atoms with Gasteiger partial charge < -0.3 is 19.4 Å². The number of anilines is 1. The summed E-state index contributed by atoms with van der Waals surface area (Å²) in [4.78, 5) is 16.9. The number of ether oxygens (including phenoxy) is 2. The molecule has 0 aliphatic carbocycles. The Morgan fingerprint density at radius 1 is 1.10 bits per heavy atom. The van der Waals surface area contributed by atoms with Crippen molar-refractivity contribution in [2.24, 2.45) is 0 Å². The second-order valence-corrected chi connectivity index (χ2v) is 8.44. The smallest absolute Gasteiger partial charge is 0.236 e. The van der Waals surface area contributed by atoms with Gasteiger partial charge in [-0.25, -0.2) is 4.98 Å². The molecule has 0 bridgehead atoms. The minimum absolute atomic E-state index is 0.146. The third-order valence-electron chi connectivity index (χ3n) is 4.56. The van der Waals surface area contributed by atoms with Crippen molar-refractivity contribution < 1.29 is 14.3 Å². The Hall–Kier alpha value is -3.11. The first-order chi connectivity index (χ1) is 15.1. The number of amides is 1. The molecule has 1 amide bonds. The van der Waals surface area contributed by atoms with Crippen LogP contribution >= 0.6 is 23.1 Å². The minimum Gasteiger partial charge on any atom is -0.497 e. The van der Waals surface area contributed by atoms with Crippen LogP contribution in [0, 0.1) is 0 Å². The highest BCUT2D eigenvalue weighted by Gasteiger charge is 2.15. The number of thioether (sulfide) groups is 1. The third-order valence-corrected chi connectivity index (χ3v) is 6.46. The molecule has 0 aliphatic heterocycles. The molecule has 4 aromatic rings. The van der Waals surface area contributed by atoms with Gasteiger partial charge in [-0.15, -0.1) is 10.2 Å². The summed E-state index contributed by atoms with van der Waals surface area (Å²) in [5, 5.41) is 12.7. The lowest BCUT2D eigenvalue weighted by Gasteiger charge is -2.08. The van der Waals surface area contributed by atoms with Crippen LogP contribution in [0.15, 0.2) is 47.6 Å². The molecular formula is C21H21N5O3S2. The first-order valence-electron chi connectivity index (χ1n) is 9.56. The number of aromatic nitrogens is 4. The van der Waals surface area contributed by atoms with Gasteiger partial charge in [-0.1, -0.05) is 23.1 Å². The summed E-state index contributed by atoms with van der Waals surface area (Å²) in [5.41, 5.74) is 1.76. The molecule has 0 saturated carbocycles. The highest BCUT2D eigenvalue weighted by atomic mass is 32.2. The third kappa shape index (κ3) is 4.64. The van der Waals surface area contributed by atoms with E-state index in [9.17, 15) is 4.79 Å². The normalized spacial score (nSPS) is 10.9. The highest BCUT2D eigenvalue weighted by Crippen LogP contribution is 2.30. The van der Waals surface area contributed by atoms with E-state index in [1.807, 2.05) is 54.0 Å². The van der Waals surface area contributed by atoms with Crippen molar-refractivity contribution in [3.8, 4) is 22.9 Å². The Morgan fingerprint density at radius 3 is 2.55 bits per heavy atom. The predicted molar refractivity (Wildman–Crippen MR) is 123 cm³/mol. The van der Waals surface area contributed by atoms with Crippen LogP contribution in [0.25, 0.3) is 21.6 Å². The first-order valence-corrected chi connectivity index (χ1v) is 11.4. The van der Waals surface area contributed by atoms with Crippen molar-refractivity contribution in [2.45, 2.75) is 18.6 Å². The van der Waals surface area contributed by atoms with E-state index in [4.69, 9.17) is 9.47 Å². The summed E-state index contributed by atoms with van der Waals surface area (Å²) in [6.07, 6.45) is 0. The quantitative estimate of drug-likeness (QED) is 0.396. The predicted octanol–water partition coefficient (Wildman–Crippen LogP) is 4.32. The zero-order chi connectivity index (χ0) is 21.8. The molecule has 31 heavy (non-hydrogen) atoms. The van der Waals surface area contributed by atoms with E-state index in [0.717, 1.165) is 33.1 Å². The van der Waals surface area contributed by atoms with Crippen LogP contribution in [0.5, 0.6) is 11.5 Å². The second kappa shape index (κ2) is 9.36. The van der Waals surface area contributed by atoms with Crippen LogP contribution in [0.2, 0.25) is 0 Å². The van der Waals surface area contributed by atoms with Gasteiger partial charge in [-0.05, 0) is 49.4 Å². The molecule has 0 fully saturated rings. The maximum Gasteiger partial charge on any atom is 0.236 e. The monoisotopic (exact) mass is 455 g/mol. The number of nitrogens with one attached hydrogen (secondary N) is 1. The maximum absolute atomic E-state index is 12.5. The van der Waals surface area contributed by atoms with Gasteiger partial charge in [-0.2, -0.15) is 0 Å². The van der Waals surface area contributed by atoms with Crippen molar-refractivity contribution in [2.75, 3.05) is 25.3 Å². The highest BCUT2D eigenvalue weighted by molar-refractivity contribution is 7.99. The average Bonchev–Trinajstić information content (AvgIpc) is 3.40. The number of benzene rings is 2. The van der Waals surface area contributed by atoms with E-state index < -0.39 is 0 Å². The van der Waals surface area contributed by atoms with Crippen LogP contribution in [-0.2, 0) is 11.3 Å². The maximum atomic E-state index is 12.5. The second-order valence-electron chi connectivity index (χ2n) is 6.47. The number of nitrogens with zero attached hydrogens (tertiary/aromatic N) is 4. The molecule has 10 heteroatoms. The number of carbonyl (C=O) groups is 1. The number of thiazole rings is 1. The SMILES string of the molecule is CCn1c(SCC(=O)Nc2nc3ccc(OC)cc3s2)nnc1-c1ccc(OC)cc1. The van der Waals surface area contributed by atoms with Gasteiger partial charge >= 0.3 is 0 Å². The number of methoxy groups -OCH3 is 2. The molecule has 2 aromatic carbocycles. The van der Waals surface area contributed by atoms with Crippen molar-refractivity contribution >= 4 is 44.4 Å². The molecular weight excluding hydrogens is 434 g/mol. The number of carbonyl (C=O) groups excluding carboxylic acids is 1. The van der Waals surface area contributed by atoms with Gasteiger partial charge in [0.1, 0.15) is 11.5 Å². The Bertz CT molecular complexity index is 1200. The molecule has 0 aliphatic rings. The van der Waals surface area contributed by atoms with Gasteiger partial charge in [0.05, 0.1) is 30.2 Å². The molecule has 4 rings (SSSR count). The minimum atomic E-state index is -0.146. The Balaban J connectivity index is 1.42. The fourth-order valence-corrected chi connectivity index (χ4v) is 4.72. The van der Waals surface area contributed by atoms with Crippen LogP contribution < -0.4 is 14.8 Å². The van der Waals surface area contributed by atoms with E-state index in [0.29, 0.717) is 16.8 Å².